The molecule has 0 saturated carbocycles. The molecule has 0 aromatic carbocycles. The monoisotopic (exact) mass is 663 g/mol. The van der Waals surface area contributed by atoms with Crippen LogP contribution in [0.3, 0.4) is 0 Å². The lowest BCUT2D eigenvalue weighted by Gasteiger charge is -2.34. The Bertz CT molecular complexity index is 1030. The third-order valence-electron chi connectivity index (χ3n) is 8.92. The molecular weight excluding hydrogens is 606 g/mol. The first-order valence-electron chi connectivity index (χ1n) is 17.5. The summed E-state index contributed by atoms with van der Waals surface area (Å²) < 4.78 is 21.7. The second-order valence-corrected chi connectivity index (χ2v) is 12.3. The number of hydrogen-bond donors (Lipinski definition) is 1. The first kappa shape index (κ1) is 38.1. The van der Waals surface area contributed by atoms with Gasteiger partial charge in [0.1, 0.15) is 0 Å². The highest BCUT2D eigenvalue weighted by Gasteiger charge is 2.36. The molecule has 2 amide bonds. The van der Waals surface area contributed by atoms with Gasteiger partial charge in [-0.3, -0.25) is 9.80 Å². The van der Waals surface area contributed by atoms with Crippen LogP contribution in [0, 0.1) is 5.92 Å². The van der Waals surface area contributed by atoms with E-state index in [-0.39, 0.29) is 25.4 Å². The first-order valence-corrected chi connectivity index (χ1v) is 17.5. The number of carbonyl (C=O) groups is 4. The van der Waals surface area contributed by atoms with Gasteiger partial charge in [0, 0.05) is 82.8 Å². The van der Waals surface area contributed by atoms with Crippen LogP contribution in [-0.4, -0.2) is 136 Å². The van der Waals surface area contributed by atoms with Gasteiger partial charge < -0.3 is 34.1 Å². The van der Waals surface area contributed by atoms with Crippen molar-refractivity contribution in [1.29, 1.82) is 0 Å². The number of carbonyl (C=O) groups excluding carboxylic acids is 4. The topological polar surface area (TPSA) is 130 Å². The molecule has 3 rings (SSSR count). The Labute approximate surface area is 280 Å². The van der Waals surface area contributed by atoms with Crippen molar-refractivity contribution in [1.82, 2.24) is 24.9 Å². The molecule has 3 heterocycles. The molecule has 13 nitrogen and oxygen atoms in total. The normalized spacial score (nSPS) is 18.2. The number of rotatable bonds is 16. The first-order chi connectivity index (χ1) is 22.7. The lowest BCUT2D eigenvalue weighted by molar-refractivity contribution is -0.141. The lowest BCUT2D eigenvalue weighted by atomic mass is 9.82. The maximum absolute atomic E-state index is 13.5. The molecule has 0 aromatic heterocycles. The van der Waals surface area contributed by atoms with Crippen LogP contribution in [0.2, 0.25) is 0 Å². The summed E-state index contributed by atoms with van der Waals surface area (Å²) in [6.07, 6.45) is 4.38. The van der Waals surface area contributed by atoms with E-state index in [1.807, 2.05) is 13.8 Å². The van der Waals surface area contributed by atoms with Gasteiger partial charge in [-0.2, -0.15) is 0 Å². The van der Waals surface area contributed by atoms with E-state index in [4.69, 9.17) is 18.9 Å². The molecule has 13 heteroatoms. The minimum Gasteiger partial charge on any atom is -0.462 e. The molecule has 266 valence electrons. The number of allylic oxidation sites excluding steroid dienone is 2. The van der Waals surface area contributed by atoms with Crippen molar-refractivity contribution >= 4 is 24.1 Å². The molecule has 0 bridgehead atoms. The summed E-state index contributed by atoms with van der Waals surface area (Å²) in [5, 5.41) is 3.25. The van der Waals surface area contributed by atoms with E-state index in [9.17, 15) is 19.2 Å². The molecule has 47 heavy (non-hydrogen) atoms. The van der Waals surface area contributed by atoms with Gasteiger partial charge in [0.05, 0.1) is 37.6 Å². The fourth-order valence-electron chi connectivity index (χ4n) is 6.36. The van der Waals surface area contributed by atoms with E-state index in [0.29, 0.717) is 81.2 Å². The van der Waals surface area contributed by atoms with Crippen LogP contribution in [0.25, 0.3) is 0 Å². The van der Waals surface area contributed by atoms with Crippen molar-refractivity contribution in [2.45, 2.75) is 73.1 Å². The van der Waals surface area contributed by atoms with Crippen molar-refractivity contribution in [2.24, 2.45) is 5.92 Å². The third kappa shape index (κ3) is 11.7. The fraction of sp³-hybridized carbons (Fsp3) is 0.765. The van der Waals surface area contributed by atoms with E-state index in [2.05, 4.69) is 22.0 Å². The molecule has 3 aliphatic rings. The molecule has 0 unspecified atom stereocenters. The summed E-state index contributed by atoms with van der Waals surface area (Å²) in [6.45, 7) is 17.7. The smallest absolute Gasteiger partial charge is 0.409 e. The number of nitrogens with one attached hydrogen (secondary N) is 1. The second kappa shape index (κ2) is 20.1. The minimum atomic E-state index is -0.400. The Morgan fingerprint density at radius 2 is 1.04 bits per heavy atom. The van der Waals surface area contributed by atoms with Gasteiger partial charge in [0.2, 0.25) is 0 Å². The van der Waals surface area contributed by atoms with E-state index >= 15 is 0 Å². The molecule has 0 radical (unpaired) electrons. The van der Waals surface area contributed by atoms with Gasteiger partial charge >= 0.3 is 24.1 Å². The highest BCUT2D eigenvalue weighted by atomic mass is 16.6. The number of piperazine rings is 2. The van der Waals surface area contributed by atoms with Crippen LogP contribution in [0.1, 0.15) is 73.1 Å². The molecule has 0 aromatic rings. The van der Waals surface area contributed by atoms with Gasteiger partial charge in [0.15, 0.2) is 0 Å². The molecule has 2 fully saturated rings. The summed E-state index contributed by atoms with van der Waals surface area (Å²) in [4.78, 5) is 58.8. The van der Waals surface area contributed by atoms with Crippen molar-refractivity contribution in [3.63, 3.8) is 0 Å². The zero-order valence-corrected chi connectivity index (χ0v) is 29.3. The summed E-state index contributed by atoms with van der Waals surface area (Å²) in [7, 11) is 0. The summed E-state index contributed by atoms with van der Waals surface area (Å²) >= 11 is 0. The van der Waals surface area contributed by atoms with Crippen molar-refractivity contribution in [2.75, 3.05) is 91.9 Å². The highest BCUT2D eigenvalue weighted by molar-refractivity contribution is 5.97. The third-order valence-corrected chi connectivity index (χ3v) is 8.92. The maximum atomic E-state index is 13.5. The van der Waals surface area contributed by atoms with Crippen LogP contribution < -0.4 is 5.32 Å². The van der Waals surface area contributed by atoms with Gasteiger partial charge in [0.25, 0.3) is 0 Å². The Balaban J connectivity index is 1.48. The Morgan fingerprint density at radius 1 is 0.617 bits per heavy atom. The average molecular weight is 664 g/mol. The Hall–Kier alpha value is -3.32. The summed E-state index contributed by atoms with van der Waals surface area (Å²) in [5.41, 5.74) is 2.42. The van der Waals surface area contributed by atoms with Crippen molar-refractivity contribution < 1.29 is 38.1 Å². The van der Waals surface area contributed by atoms with Crippen LogP contribution in [0.15, 0.2) is 22.5 Å². The van der Waals surface area contributed by atoms with Crippen LogP contribution in [0.5, 0.6) is 0 Å². The quantitative estimate of drug-likeness (QED) is 0.147. The van der Waals surface area contributed by atoms with E-state index in [0.717, 1.165) is 58.5 Å². The molecule has 1 N–H and O–H groups in total. The predicted octanol–water partition coefficient (Wildman–Crippen LogP) is 3.75. The fourth-order valence-corrected chi connectivity index (χ4v) is 6.36. The number of unbranched alkanes of at least 4 members (excludes halogenated alkanes) is 2. The molecule has 3 aliphatic heterocycles. The lowest BCUT2D eigenvalue weighted by Crippen LogP contribution is -2.49. The zero-order chi connectivity index (χ0) is 34.2. The second-order valence-electron chi connectivity index (χ2n) is 12.3. The van der Waals surface area contributed by atoms with Crippen LogP contribution >= 0.6 is 0 Å². The SMILES string of the molecule is CCCCCC1C(C(=O)OCCCN2CCN(C(=O)OCC)CC2)=C(C)NC(C)=C1C(=O)OCCCN1CCN(C(=O)OCC)CC1. The highest BCUT2D eigenvalue weighted by Crippen LogP contribution is 2.35. The van der Waals surface area contributed by atoms with Crippen molar-refractivity contribution in [3.8, 4) is 0 Å². The van der Waals surface area contributed by atoms with Crippen LogP contribution in [-0.2, 0) is 28.5 Å². The molecular formula is C34H57N5O8. The Morgan fingerprint density at radius 3 is 1.43 bits per heavy atom. The van der Waals surface area contributed by atoms with Crippen molar-refractivity contribution in [3.05, 3.63) is 22.5 Å². The molecule has 0 aliphatic carbocycles. The van der Waals surface area contributed by atoms with E-state index < -0.39 is 17.9 Å². The number of amides is 2. The summed E-state index contributed by atoms with van der Waals surface area (Å²) in [6, 6.07) is 0. The van der Waals surface area contributed by atoms with E-state index in [1.54, 1.807) is 23.6 Å². The van der Waals surface area contributed by atoms with Gasteiger partial charge in [-0.25, -0.2) is 19.2 Å². The summed E-state index contributed by atoms with van der Waals surface area (Å²) in [5.74, 6) is -1.19. The molecule has 2 saturated heterocycles. The Kier molecular flexibility index (Phi) is 16.3. The average Bonchev–Trinajstić information content (AvgIpc) is 3.05. The van der Waals surface area contributed by atoms with Crippen LogP contribution in [0.4, 0.5) is 9.59 Å². The minimum absolute atomic E-state index is 0.269. The number of ether oxygens (including phenoxy) is 4. The van der Waals surface area contributed by atoms with Gasteiger partial charge in [-0.15, -0.1) is 0 Å². The van der Waals surface area contributed by atoms with E-state index in [1.165, 1.54) is 0 Å². The number of dihydropyridines is 1. The van der Waals surface area contributed by atoms with Gasteiger partial charge in [-0.1, -0.05) is 26.2 Å². The van der Waals surface area contributed by atoms with Gasteiger partial charge in [-0.05, 0) is 47.0 Å². The number of esters is 2. The molecule has 0 atom stereocenters. The predicted molar refractivity (Wildman–Crippen MR) is 177 cm³/mol. The standard InChI is InChI=1S/C34H57N5O8/c1-6-9-10-13-28-29(31(40)46-24-11-14-36-16-20-38(21-17-36)33(42)44-7-2)26(4)35-27(5)30(28)32(41)47-25-12-15-37-18-22-39(23-19-37)34(43)45-8-3/h28,35H,6-25H2,1-5H3. The largest absolute Gasteiger partial charge is 0.462 e. The molecule has 0 spiro atoms. The maximum Gasteiger partial charge on any atom is 0.409 e. The number of nitrogens with zero attached hydrogens (tertiary/aromatic N) is 4. The number of hydrogen-bond acceptors (Lipinski definition) is 11. The zero-order valence-electron chi connectivity index (χ0n) is 29.3.